The molecule has 2 saturated heterocycles. The number of rotatable bonds is 6. The fourth-order valence-electron chi connectivity index (χ4n) is 4.23. The van der Waals surface area contributed by atoms with Crippen molar-refractivity contribution in [1.82, 2.24) is 9.62 Å². The third-order valence-electron chi connectivity index (χ3n) is 6.16. The van der Waals surface area contributed by atoms with Gasteiger partial charge in [0.05, 0.1) is 24.0 Å². The van der Waals surface area contributed by atoms with Crippen molar-refractivity contribution in [2.24, 2.45) is 5.92 Å². The van der Waals surface area contributed by atoms with Crippen LogP contribution in [0.3, 0.4) is 0 Å². The topological polar surface area (TPSA) is 114 Å². The summed E-state index contributed by atoms with van der Waals surface area (Å²) in [5.74, 6) is 0.392. The zero-order valence-electron chi connectivity index (χ0n) is 18.4. The largest absolute Gasteiger partial charge is 0.454 e. The first kappa shape index (κ1) is 22.6. The Morgan fingerprint density at radius 1 is 1.03 bits per heavy atom. The van der Waals surface area contributed by atoms with Gasteiger partial charge in [0.2, 0.25) is 28.6 Å². The van der Waals surface area contributed by atoms with E-state index in [2.05, 4.69) is 5.32 Å². The van der Waals surface area contributed by atoms with Crippen molar-refractivity contribution in [3.05, 3.63) is 48.0 Å². The summed E-state index contributed by atoms with van der Waals surface area (Å²) in [6, 6.07) is 11.7. The van der Waals surface area contributed by atoms with E-state index in [1.807, 2.05) is 0 Å². The number of amides is 2. The number of morpholine rings is 1. The highest BCUT2D eigenvalue weighted by atomic mass is 32.2. The second-order valence-electron chi connectivity index (χ2n) is 8.32. The number of fused-ring (bicyclic) bond motifs is 1. The molecule has 0 bridgehead atoms. The summed E-state index contributed by atoms with van der Waals surface area (Å²) < 4.78 is 42.8. The van der Waals surface area contributed by atoms with Gasteiger partial charge in [0.1, 0.15) is 0 Å². The van der Waals surface area contributed by atoms with Crippen molar-refractivity contribution in [3.8, 4) is 11.5 Å². The first-order valence-corrected chi connectivity index (χ1v) is 12.5. The molecule has 3 aliphatic rings. The molecule has 180 valence electrons. The Morgan fingerprint density at radius 2 is 1.76 bits per heavy atom. The summed E-state index contributed by atoms with van der Waals surface area (Å²) >= 11 is 0. The van der Waals surface area contributed by atoms with Crippen LogP contribution in [0.2, 0.25) is 0 Å². The van der Waals surface area contributed by atoms with Crippen molar-refractivity contribution >= 4 is 27.5 Å². The molecule has 2 aromatic rings. The first-order valence-electron chi connectivity index (χ1n) is 11.1. The molecule has 0 saturated carbocycles. The van der Waals surface area contributed by atoms with Crippen LogP contribution in [0.1, 0.15) is 12.0 Å². The third-order valence-corrected chi connectivity index (χ3v) is 8.07. The summed E-state index contributed by atoms with van der Waals surface area (Å²) in [4.78, 5) is 27.0. The lowest BCUT2D eigenvalue weighted by atomic mass is 10.1. The van der Waals surface area contributed by atoms with Crippen LogP contribution in [0.5, 0.6) is 11.5 Å². The molecule has 3 heterocycles. The van der Waals surface area contributed by atoms with Gasteiger partial charge in [-0.3, -0.25) is 9.59 Å². The van der Waals surface area contributed by atoms with E-state index < -0.39 is 15.9 Å². The summed E-state index contributed by atoms with van der Waals surface area (Å²) in [5, 5.41) is 2.86. The molecule has 10 nitrogen and oxygen atoms in total. The lowest BCUT2D eigenvalue weighted by Gasteiger charge is -2.26. The van der Waals surface area contributed by atoms with Crippen LogP contribution in [0, 0.1) is 5.92 Å². The van der Waals surface area contributed by atoms with Crippen LogP contribution in [0.15, 0.2) is 47.4 Å². The van der Waals surface area contributed by atoms with Crippen molar-refractivity contribution in [1.29, 1.82) is 0 Å². The Morgan fingerprint density at radius 3 is 2.53 bits per heavy atom. The lowest BCUT2D eigenvalue weighted by molar-refractivity contribution is -0.126. The molecule has 0 aliphatic carbocycles. The Labute approximate surface area is 197 Å². The second kappa shape index (κ2) is 9.24. The normalized spacial score (nSPS) is 20.5. The zero-order valence-corrected chi connectivity index (χ0v) is 19.3. The van der Waals surface area contributed by atoms with Gasteiger partial charge >= 0.3 is 0 Å². The van der Waals surface area contributed by atoms with E-state index >= 15 is 0 Å². The van der Waals surface area contributed by atoms with E-state index in [9.17, 15) is 18.0 Å². The van der Waals surface area contributed by atoms with E-state index in [-0.39, 0.29) is 43.0 Å². The zero-order chi connectivity index (χ0) is 23.7. The van der Waals surface area contributed by atoms with Gasteiger partial charge in [-0.2, -0.15) is 4.31 Å². The number of carbonyl (C=O) groups is 2. The van der Waals surface area contributed by atoms with Gasteiger partial charge in [0.25, 0.3) is 0 Å². The maximum Gasteiger partial charge on any atom is 0.243 e. The highest BCUT2D eigenvalue weighted by Crippen LogP contribution is 2.37. The molecular weight excluding hydrogens is 462 g/mol. The number of nitrogens with zero attached hydrogens (tertiary/aromatic N) is 2. The SMILES string of the molecule is O=C(NCc1ccc(S(=O)(=O)N2CCOCC2)cc1)C1CC(=O)N(c2ccc3c(c2)OCO3)C1. The van der Waals surface area contributed by atoms with Crippen LogP contribution in [0.25, 0.3) is 0 Å². The van der Waals surface area contributed by atoms with E-state index in [1.54, 1.807) is 47.4 Å². The van der Waals surface area contributed by atoms with Gasteiger partial charge in [0.15, 0.2) is 11.5 Å². The number of hydrogen-bond acceptors (Lipinski definition) is 7. The molecule has 1 N–H and O–H groups in total. The monoisotopic (exact) mass is 487 g/mol. The number of benzene rings is 2. The lowest BCUT2D eigenvalue weighted by Crippen LogP contribution is -2.40. The average molecular weight is 488 g/mol. The Bertz CT molecular complexity index is 1190. The van der Waals surface area contributed by atoms with E-state index in [0.717, 1.165) is 5.56 Å². The predicted octanol–water partition coefficient (Wildman–Crippen LogP) is 1.11. The molecule has 0 aromatic heterocycles. The van der Waals surface area contributed by atoms with E-state index in [4.69, 9.17) is 14.2 Å². The minimum absolute atomic E-state index is 0.122. The number of carbonyl (C=O) groups excluding carboxylic acids is 2. The van der Waals surface area contributed by atoms with Crippen LogP contribution >= 0.6 is 0 Å². The smallest absolute Gasteiger partial charge is 0.243 e. The first-order chi connectivity index (χ1) is 16.4. The molecule has 11 heteroatoms. The predicted molar refractivity (Wildman–Crippen MR) is 121 cm³/mol. The van der Waals surface area contributed by atoms with Gasteiger partial charge in [-0.1, -0.05) is 12.1 Å². The fourth-order valence-corrected chi connectivity index (χ4v) is 5.64. The quantitative estimate of drug-likeness (QED) is 0.649. The fraction of sp³-hybridized carbons (Fsp3) is 0.391. The molecule has 0 radical (unpaired) electrons. The van der Waals surface area contributed by atoms with E-state index in [0.29, 0.717) is 43.5 Å². The van der Waals surface area contributed by atoms with Gasteiger partial charge in [-0.25, -0.2) is 8.42 Å². The molecule has 34 heavy (non-hydrogen) atoms. The number of hydrogen-bond donors (Lipinski definition) is 1. The summed E-state index contributed by atoms with van der Waals surface area (Å²) in [6.07, 6.45) is 0.122. The highest BCUT2D eigenvalue weighted by molar-refractivity contribution is 7.89. The molecule has 0 spiro atoms. The maximum atomic E-state index is 12.7. The molecule has 3 aliphatic heterocycles. The van der Waals surface area contributed by atoms with Gasteiger partial charge < -0.3 is 24.4 Å². The third kappa shape index (κ3) is 4.46. The summed E-state index contributed by atoms with van der Waals surface area (Å²) in [6.45, 7) is 2.12. The van der Waals surface area contributed by atoms with Crippen molar-refractivity contribution in [2.75, 3.05) is 44.5 Å². The minimum Gasteiger partial charge on any atom is -0.454 e. The van der Waals surface area contributed by atoms with Crippen LogP contribution in [-0.4, -0.2) is 64.2 Å². The van der Waals surface area contributed by atoms with Crippen LogP contribution < -0.4 is 19.7 Å². The van der Waals surface area contributed by atoms with Crippen molar-refractivity contribution in [3.63, 3.8) is 0 Å². The summed E-state index contributed by atoms with van der Waals surface area (Å²) in [7, 11) is -3.56. The van der Waals surface area contributed by atoms with Gasteiger partial charge in [0, 0.05) is 44.4 Å². The van der Waals surface area contributed by atoms with Crippen LogP contribution in [0.4, 0.5) is 5.69 Å². The molecule has 2 amide bonds. The highest BCUT2D eigenvalue weighted by Gasteiger charge is 2.35. The molecule has 1 atom stereocenters. The number of nitrogens with one attached hydrogen (secondary N) is 1. The molecule has 5 rings (SSSR count). The van der Waals surface area contributed by atoms with Gasteiger partial charge in [-0.15, -0.1) is 0 Å². The Kier molecular flexibility index (Phi) is 6.15. The number of sulfonamides is 1. The molecule has 1 unspecified atom stereocenters. The molecule has 2 aromatic carbocycles. The molecular formula is C23H25N3O7S. The maximum absolute atomic E-state index is 12.7. The number of ether oxygens (including phenoxy) is 3. The van der Waals surface area contributed by atoms with Crippen molar-refractivity contribution in [2.45, 2.75) is 17.9 Å². The van der Waals surface area contributed by atoms with Crippen LogP contribution in [-0.2, 0) is 30.9 Å². The Balaban J connectivity index is 1.17. The van der Waals surface area contributed by atoms with E-state index in [1.165, 1.54) is 4.31 Å². The molecule has 2 fully saturated rings. The number of anilines is 1. The minimum atomic E-state index is -3.56. The average Bonchev–Trinajstić information content (AvgIpc) is 3.49. The van der Waals surface area contributed by atoms with Crippen molar-refractivity contribution < 1.29 is 32.2 Å². The Hall–Kier alpha value is -3.15. The standard InChI is InChI=1S/C23H25N3O7S/c27-22-11-17(14-26(22)18-3-6-20-21(12-18)33-15-32-20)23(28)24-13-16-1-4-19(5-2-16)34(29,30)25-7-9-31-10-8-25/h1-6,12,17H,7-11,13-15H2,(H,24,28). The second-order valence-corrected chi connectivity index (χ2v) is 10.3. The van der Waals surface area contributed by atoms with Gasteiger partial charge in [-0.05, 0) is 29.8 Å². The summed E-state index contributed by atoms with van der Waals surface area (Å²) in [5.41, 5.74) is 1.44.